The van der Waals surface area contributed by atoms with E-state index in [0.717, 1.165) is 103 Å². The molecular formula is C73H126NO8P. The Kier molecular flexibility index (Phi) is 64.6. The van der Waals surface area contributed by atoms with Crippen LogP contribution in [0.25, 0.3) is 0 Å². The zero-order valence-corrected chi connectivity index (χ0v) is 54.3. The van der Waals surface area contributed by atoms with Crippen LogP contribution < -0.4 is 5.73 Å². The molecule has 0 rings (SSSR count). The number of hydrogen-bond donors (Lipinski definition) is 2. The fraction of sp³-hybridized carbons (Fsp3) is 0.699. The summed E-state index contributed by atoms with van der Waals surface area (Å²) in [7, 11) is -4.40. The van der Waals surface area contributed by atoms with Crippen LogP contribution in [0.15, 0.2) is 122 Å². The van der Waals surface area contributed by atoms with E-state index in [4.69, 9.17) is 24.3 Å². The van der Waals surface area contributed by atoms with Gasteiger partial charge in [-0.2, -0.15) is 0 Å². The van der Waals surface area contributed by atoms with Crippen LogP contribution in [-0.2, 0) is 32.7 Å². The topological polar surface area (TPSA) is 134 Å². The van der Waals surface area contributed by atoms with Crippen molar-refractivity contribution in [1.82, 2.24) is 0 Å². The van der Waals surface area contributed by atoms with E-state index in [1.54, 1.807) is 0 Å². The van der Waals surface area contributed by atoms with E-state index in [0.29, 0.717) is 6.42 Å². The van der Waals surface area contributed by atoms with Gasteiger partial charge in [0.25, 0.3) is 0 Å². The first-order chi connectivity index (χ1) is 40.8. The van der Waals surface area contributed by atoms with Gasteiger partial charge in [-0.05, 0) is 109 Å². The first-order valence-corrected chi connectivity index (χ1v) is 35.5. The minimum Gasteiger partial charge on any atom is -0.462 e. The minimum atomic E-state index is -4.40. The molecule has 0 aliphatic heterocycles. The molecule has 0 heterocycles. The van der Waals surface area contributed by atoms with Crippen LogP contribution in [0, 0.1) is 0 Å². The molecule has 0 saturated carbocycles. The largest absolute Gasteiger partial charge is 0.472 e. The van der Waals surface area contributed by atoms with Crippen LogP contribution >= 0.6 is 7.82 Å². The van der Waals surface area contributed by atoms with Crippen LogP contribution in [0.1, 0.15) is 296 Å². The van der Waals surface area contributed by atoms with Crippen LogP contribution in [-0.4, -0.2) is 49.3 Å². The fourth-order valence-electron chi connectivity index (χ4n) is 9.33. The SMILES string of the molecule is CC/C=C\C/C=C\C/C=C\C/C=C\C/C=C\C/C=C\C/C=C\C/C=C\CCCCCCCCCCCCC(=O)OC(COC(=O)CCCCCCCCCCCCCCCCC/C=C\C/C=C\CCCCCCC)COP(=O)(O)OCCN. The second-order valence-corrected chi connectivity index (χ2v) is 23.8. The Balaban J connectivity index is 3.94. The van der Waals surface area contributed by atoms with Gasteiger partial charge in [0.15, 0.2) is 6.10 Å². The molecule has 0 aromatic carbocycles. The number of phosphoric ester groups is 1. The number of ether oxygens (including phenoxy) is 2. The normalized spacial score (nSPS) is 13.7. The zero-order valence-electron chi connectivity index (χ0n) is 53.4. The standard InChI is InChI=1S/C73H126NO8P/c1-3-5-7-9-11-13-15-17-19-21-23-25-27-29-31-32-33-34-35-36-37-38-40-42-44-46-48-50-52-54-56-58-60-62-64-66-73(76)82-71(70-81-83(77,78)80-68-67-74)69-79-72(75)65-63-61-59-57-55-53-51-49-47-45-43-41-39-30-28-26-24-22-20-18-16-14-12-10-8-6-4-2/h5,7,11,13,16-19,22-25,29,31,33-34,36-37,40,42,71H,3-4,6,8-10,12,14-15,20-21,26-28,30,32,35,38-39,41,43-70,74H2,1-2H3,(H,77,78)/b7-5-,13-11-,18-16-,19-17-,24-22-,25-23-,31-29-,34-33-,37-36-,42-40-. The number of hydrogen-bond acceptors (Lipinski definition) is 8. The molecule has 0 fully saturated rings. The van der Waals surface area contributed by atoms with Crippen LogP contribution in [0.4, 0.5) is 0 Å². The Labute approximate surface area is 511 Å². The lowest BCUT2D eigenvalue weighted by atomic mass is 10.0. The van der Waals surface area contributed by atoms with Crippen molar-refractivity contribution in [2.75, 3.05) is 26.4 Å². The number of carbonyl (C=O) groups is 2. The molecule has 0 aliphatic carbocycles. The number of nitrogens with two attached hydrogens (primary N) is 1. The van der Waals surface area contributed by atoms with E-state index in [2.05, 4.69) is 135 Å². The molecule has 3 N–H and O–H groups in total. The number of unbranched alkanes of at least 4 members (excludes halogenated alkanes) is 30. The summed E-state index contributed by atoms with van der Waals surface area (Å²) >= 11 is 0. The van der Waals surface area contributed by atoms with Gasteiger partial charge >= 0.3 is 19.8 Å². The molecular weight excluding hydrogens is 1050 g/mol. The predicted octanol–water partition coefficient (Wildman–Crippen LogP) is 22.3. The Hall–Kier alpha value is -3.59. The molecule has 10 heteroatoms. The average Bonchev–Trinajstić information content (AvgIpc) is 3.48. The summed E-state index contributed by atoms with van der Waals surface area (Å²) in [5.41, 5.74) is 5.40. The lowest BCUT2D eigenvalue weighted by Crippen LogP contribution is -2.29. The molecule has 0 aromatic rings. The van der Waals surface area contributed by atoms with Crippen LogP contribution in [0.5, 0.6) is 0 Å². The quantitative estimate of drug-likeness (QED) is 0.0264. The Morgan fingerprint density at radius 1 is 0.373 bits per heavy atom. The summed E-state index contributed by atoms with van der Waals surface area (Å²) in [4.78, 5) is 35.3. The maximum Gasteiger partial charge on any atom is 0.472 e. The van der Waals surface area contributed by atoms with Gasteiger partial charge in [0.2, 0.25) is 0 Å². The molecule has 0 radical (unpaired) electrons. The third kappa shape index (κ3) is 67.4. The predicted molar refractivity (Wildman–Crippen MR) is 358 cm³/mol. The van der Waals surface area contributed by atoms with Crippen molar-refractivity contribution in [3.05, 3.63) is 122 Å². The number of rotatable bonds is 63. The lowest BCUT2D eigenvalue weighted by Gasteiger charge is -2.19. The third-order valence-electron chi connectivity index (χ3n) is 14.3. The smallest absolute Gasteiger partial charge is 0.462 e. The maximum atomic E-state index is 12.8. The van der Waals surface area contributed by atoms with Crippen molar-refractivity contribution >= 4 is 19.8 Å². The van der Waals surface area contributed by atoms with Crippen LogP contribution in [0.2, 0.25) is 0 Å². The second kappa shape index (κ2) is 67.5. The summed E-state index contributed by atoms with van der Waals surface area (Å²) in [6, 6.07) is 0. The molecule has 0 aliphatic rings. The fourth-order valence-corrected chi connectivity index (χ4v) is 10.1. The molecule has 0 spiro atoms. The summed E-state index contributed by atoms with van der Waals surface area (Å²) in [6.07, 6.45) is 94.2. The maximum absolute atomic E-state index is 12.8. The summed E-state index contributed by atoms with van der Waals surface area (Å²) < 4.78 is 33.2. The molecule has 9 nitrogen and oxygen atoms in total. The van der Waals surface area contributed by atoms with E-state index in [9.17, 15) is 19.0 Å². The number of phosphoric acid groups is 1. The molecule has 0 amide bonds. The average molecular weight is 1180 g/mol. The van der Waals surface area contributed by atoms with Crippen LogP contribution in [0.3, 0.4) is 0 Å². The molecule has 2 unspecified atom stereocenters. The Morgan fingerprint density at radius 3 is 0.988 bits per heavy atom. The van der Waals surface area contributed by atoms with Crippen molar-refractivity contribution in [3.63, 3.8) is 0 Å². The highest BCUT2D eigenvalue weighted by Gasteiger charge is 2.26. The van der Waals surface area contributed by atoms with E-state index in [1.165, 1.54) is 161 Å². The number of carbonyl (C=O) groups excluding carboxylic acids is 2. The van der Waals surface area contributed by atoms with Gasteiger partial charge in [0.05, 0.1) is 13.2 Å². The van der Waals surface area contributed by atoms with Gasteiger partial charge in [0.1, 0.15) is 6.61 Å². The van der Waals surface area contributed by atoms with Crippen molar-refractivity contribution < 1.29 is 37.6 Å². The molecule has 0 bridgehead atoms. The van der Waals surface area contributed by atoms with Gasteiger partial charge in [-0.1, -0.05) is 296 Å². The Bertz CT molecular complexity index is 1770. The molecule has 83 heavy (non-hydrogen) atoms. The van der Waals surface area contributed by atoms with Gasteiger partial charge in [0, 0.05) is 19.4 Å². The third-order valence-corrected chi connectivity index (χ3v) is 15.3. The highest BCUT2D eigenvalue weighted by atomic mass is 31.2. The highest BCUT2D eigenvalue weighted by molar-refractivity contribution is 7.47. The monoisotopic (exact) mass is 1180 g/mol. The highest BCUT2D eigenvalue weighted by Crippen LogP contribution is 2.43. The summed E-state index contributed by atoms with van der Waals surface area (Å²) in [5, 5.41) is 0. The van der Waals surface area contributed by atoms with Gasteiger partial charge in [-0.15, -0.1) is 0 Å². The molecule has 2 atom stereocenters. The van der Waals surface area contributed by atoms with Gasteiger partial charge in [-0.3, -0.25) is 18.6 Å². The molecule has 476 valence electrons. The number of esters is 2. The van der Waals surface area contributed by atoms with Crippen molar-refractivity contribution in [2.45, 2.75) is 302 Å². The second-order valence-electron chi connectivity index (χ2n) is 22.3. The van der Waals surface area contributed by atoms with Gasteiger partial charge in [-0.25, -0.2) is 4.57 Å². The van der Waals surface area contributed by atoms with E-state index >= 15 is 0 Å². The first kappa shape index (κ1) is 79.4. The summed E-state index contributed by atoms with van der Waals surface area (Å²) in [5.74, 6) is -0.830. The van der Waals surface area contributed by atoms with E-state index in [-0.39, 0.29) is 38.6 Å². The summed E-state index contributed by atoms with van der Waals surface area (Å²) in [6.45, 7) is 3.63. The molecule has 0 aromatic heterocycles. The lowest BCUT2D eigenvalue weighted by molar-refractivity contribution is -0.161. The minimum absolute atomic E-state index is 0.0482. The zero-order chi connectivity index (χ0) is 60.1. The Morgan fingerprint density at radius 2 is 0.663 bits per heavy atom. The first-order valence-electron chi connectivity index (χ1n) is 34.0. The molecule has 0 saturated heterocycles. The van der Waals surface area contributed by atoms with Crippen molar-refractivity contribution in [1.29, 1.82) is 0 Å². The van der Waals surface area contributed by atoms with E-state index in [1.807, 2.05) is 0 Å². The van der Waals surface area contributed by atoms with Crippen molar-refractivity contribution in [2.24, 2.45) is 5.73 Å². The van der Waals surface area contributed by atoms with Gasteiger partial charge < -0.3 is 20.1 Å². The number of allylic oxidation sites excluding steroid dienone is 20. The van der Waals surface area contributed by atoms with Crippen molar-refractivity contribution in [3.8, 4) is 0 Å². The van der Waals surface area contributed by atoms with E-state index < -0.39 is 26.5 Å².